The highest BCUT2D eigenvalue weighted by molar-refractivity contribution is 7.81. The normalized spacial score (nSPS) is 24.8. The van der Waals surface area contributed by atoms with Gasteiger partial charge in [0.05, 0.1) is 66.8 Å². The first kappa shape index (κ1) is 94.5. The monoisotopic (exact) mass is 1910 g/mol. The van der Waals surface area contributed by atoms with E-state index in [1.165, 1.54) is 48.9 Å². The lowest BCUT2D eigenvalue weighted by atomic mass is 9.96. The van der Waals surface area contributed by atoms with Crippen LogP contribution in [0.5, 0.6) is 0 Å². The molecule has 10 aliphatic heterocycles. The summed E-state index contributed by atoms with van der Waals surface area (Å²) in [6.45, 7) is 1.79. The molecule has 2 unspecified atom stereocenters. The number of carbonyl (C=O) groups is 10. The Balaban J connectivity index is 0.000000137. The summed E-state index contributed by atoms with van der Waals surface area (Å²) in [5.41, 5.74) is 16.1. The number of imidazole rings is 2. The van der Waals surface area contributed by atoms with Crippen LogP contribution < -0.4 is 27.4 Å². The second kappa shape index (κ2) is 40.2. The number of hydrogen-bond acceptors (Lipinski definition) is 35. The summed E-state index contributed by atoms with van der Waals surface area (Å²) in [6, 6.07) is -3.60. The molecule has 13 N–H and O–H groups in total. The highest BCUT2D eigenvalue weighted by Crippen LogP contribution is 2.53. The minimum Gasteiger partial charge on any atom is -0.347 e. The van der Waals surface area contributed by atoms with Crippen molar-refractivity contribution >= 4 is 112 Å². The number of fused-ring (bicyclic) bond motifs is 15. The predicted octanol–water partition coefficient (Wildman–Crippen LogP) is -3.15. The number of rotatable bonds is 32. The summed E-state index contributed by atoms with van der Waals surface area (Å²) in [5.74, 6) is -1.03. The van der Waals surface area contributed by atoms with E-state index < -0.39 is 172 Å². The Hall–Kier alpha value is -11.2. The van der Waals surface area contributed by atoms with Gasteiger partial charge in [0.25, 0.3) is 29.5 Å². The van der Waals surface area contributed by atoms with Crippen molar-refractivity contribution in [3.8, 4) is 0 Å². The fourth-order valence-corrected chi connectivity index (χ4v) is 18.4. The number of aromatic nitrogens is 9. The van der Waals surface area contributed by atoms with E-state index in [0.29, 0.717) is 126 Å². The summed E-state index contributed by atoms with van der Waals surface area (Å²) in [6.07, 6.45) is 18.6. The van der Waals surface area contributed by atoms with Crippen LogP contribution in [0, 0.1) is 0 Å². The lowest BCUT2D eigenvalue weighted by molar-refractivity contribution is -0.140. The van der Waals surface area contributed by atoms with Crippen LogP contribution in [-0.2, 0) is 154 Å². The van der Waals surface area contributed by atoms with Gasteiger partial charge in [-0.1, -0.05) is 6.07 Å². The average Bonchev–Trinajstić information content (AvgIpc) is 1.58. The lowest BCUT2D eigenvalue weighted by Gasteiger charge is -2.28. The topological polar surface area (TPSA) is 744 Å². The summed E-state index contributed by atoms with van der Waals surface area (Å²) in [5, 5.41) is 16.7. The zero-order chi connectivity index (χ0) is 91.7. The average molecular weight is 1910 g/mol. The molecule has 2 aliphatic carbocycles. The first-order valence-electron chi connectivity index (χ1n) is 39.0. The molecule has 11 fully saturated rings. The number of hydroxylamine groups is 15. The minimum absolute atomic E-state index is 0.0278. The number of piperidine rings is 5. The Labute approximate surface area is 725 Å². The first-order chi connectivity index (χ1) is 60.7. The Kier molecular flexibility index (Phi) is 29.7. The van der Waals surface area contributed by atoms with Crippen LogP contribution in [0.25, 0.3) is 0 Å². The summed E-state index contributed by atoms with van der Waals surface area (Å²) in [7, 11) is -24.1. The summed E-state index contributed by atoms with van der Waals surface area (Å²) < 4.78 is 175. The molecule has 1 saturated carbocycles. The van der Waals surface area contributed by atoms with Gasteiger partial charge in [-0.15, -0.1) is 21.4 Å². The maximum absolute atomic E-state index is 12.5. The molecule has 64 heteroatoms. The van der Waals surface area contributed by atoms with Gasteiger partial charge in [0.1, 0.15) is 55.9 Å². The molecule has 12 atom stereocenters. The highest BCUT2D eigenvalue weighted by atomic mass is 32.3. The molecule has 0 spiro atoms. The van der Waals surface area contributed by atoms with Gasteiger partial charge in [0.2, 0.25) is 0 Å². The van der Waals surface area contributed by atoms with Gasteiger partial charge in [-0.2, -0.15) is 77.6 Å². The standard InChI is InChI=1S/C16H21N5O7S.C14H18N4O7S.C12H17N5O7S.2C11H15N5O7S/c22-15(12-4-3-10-6-20(12)16(23)21(10)28-29(24,25)26)19-27-7-11-13-8-1-2-9(5-8)14(13)18-17-11;19-13(16-24-8-6-10-3-1-2-7-15-10)12-5-4-11-9-17(12)14(20)18(11)25-26(21,22)23;18-11(14-23-6-5-15-4-3-13-8-15)10-2-1-9-7-16(10)12(19)17(9)24-25(20,21)22;17-10(14-22-6-7-3-4-12-13-7)9-2-1-8-5-15(9)11(18)16(8)23-24(19,20)21;17-10(14-22-6-9-12-3-4-13-9)8-2-1-7-5-15(8)11(18)16(7)23-24(19,20)21/h8-10,12H,1-7H2,(H,17,18)(H,19,22)(H,24,25,26);1-3,7,11-12H,4-6,8-9H2,(H,16,19)(H,21,22,23);3-4,8-10H,1-2,5-7H2,(H,14,18)(H,20,21,22);3-4,8-9H,1-2,5-6H2,(H,12,13)(H,14,17)(H,19,20,21);3-4,7-8H,1-2,5-6H2,(H,12,13)(H,14,17)(H,19,20,21)/t8?,9?,10-,12+;11-,12+;9-,10+;8-,9+;7-,8+/m11111/s1. The van der Waals surface area contributed by atoms with E-state index in [-0.39, 0.29) is 65.8 Å². The van der Waals surface area contributed by atoms with Crippen molar-refractivity contribution in [1.29, 1.82) is 0 Å². The molecule has 17 rings (SSSR count). The van der Waals surface area contributed by atoms with Crippen molar-refractivity contribution in [3.63, 3.8) is 0 Å². The van der Waals surface area contributed by atoms with Crippen molar-refractivity contribution in [2.75, 3.05) is 45.9 Å². The molecule has 15 amide bonds. The number of pyridine rings is 1. The lowest BCUT2D eigenvalue weighted by Crippen LogP contribution is -2.49. The number of nitrogens with one attached hydrogen (secondary N) is 8. The summed E-state index contributed by atoms with van der Waals surface area (Å²) >= 11 is 0. The maximum atomic E-state index is 12.5. The number of aromatic amines is 3. The van der Waals surface area contributed by atoms with E-state index in [4.69, 9.17) is 47.0 Å². The Bertz CT molecular complexity index is 5320. The number of urea groups is 5. The molecule has 128 heavy (non-hydrogen) atoms. The maximum Gasteiger partial charge on any atom is 0.418 e. The fraction of sp³-hybridized carbons (Fsp3) is 0.578. The van der Waals surface area contributed by atoms with Crippen LogP contribution in [0.1, 0.15) is 129 Å². The van der Waals surface area contributed by atoms with Gasteiger partial charge < -0.3 is 34.1 Å². The molecule has 12 aliphatic rings. The van der Waals surface area contributed by atoms with Crippen LogP contribution >= 0.6 is 0 Å². The molecule has 0 radical (unpaired) electrons. The van der Waals surface area contributed by atoms with Crippen molar-refractivity contribution in [3.05, 3.63) is 102 Å². The summed E-state index contributed by atoms with van der Waals surface area (Å²) in [4.78, 5) is 169. The first-order valence-corrected chi connectivity index (χ1v) is 45.9. The van der Waals surface area contributed by atoms with Crippen LogP contribution in [0.2, 0.25) is 0 Å². The van der Waals surface area contributed by atoms with E-state index in [1.807, 2.05) is 12.1 Å². The number of nitrogens with zero attached hydrogens (tertiary/aromatic N) is 16. The van der Waals surface area contributed by atoms with Crippen molar-refractivity contribution in [2.24, 2.45) is 0 Å². The molecule has 5 aromatic heterocycles. The van der Waals surface area contributed by atoms with Gasteiger partial charge in [-0.25, -0.2) is 61.3 Å². The Morgan fingerprint density at radius 2 is 0.828 bits per heavy atom. The fourth-order valence-electron chi connectivity index (χ4n) is 16.4. The van der Waals surface area contributed by atoms with Gasteiger partial charge in [-0.05, 0) is 108 Å². The van der Waals surface area contributed by atoms with Crippen LogP contribution in [0.3, 0.4) is 0 Å². The second-order valence-electron chi connectivity index (χ2n) is 30.1. The molecular weight excluding hydrogens is 1830 g/mol. The van der Waals surface area contributed by atoms with Gasteiger partial charge in [0.15, 0.2) is 0 Å². The van der Waals surface area contributed by atoms with Crippen LogP contribution in [0.15, 0.2) is 67.8 Å². The van der Waals surface area contributed by atoms with E-state index in [0.717, 1.165) is 29.9 Å². The third-order valence-corrected chi connectivity index (χ3v) is 23.7. The van der Waals surface area contributed by atoms with Crippen molar-refractivity contribution in [2.45, 2.75) is 189 Å². The number of amides is 15. The Morgan fingerprint density at radius 3 is 1.20 bits per heavy atom. The van der Waals surface area contributed by atoms with Crippen LogP contribution in [-0.4, -0.2) is 326 Å². The molecule has 12 bridgehead atoms. The minimum atomic E-state index is -4.82. The third kappa shape index (κ3) is 23.8. The quantitative estimate of drug-likeness (QED) is 0.0115. The Morgan fingerprint density at radius 1 is 0.430 bits per heavy atom. The van der Waals surface area contributed by atoms with E-state index in [9.17, 15) is 90.0 Å². The van der Waals surface area contributed by atoms with Gasteiger partial charge in [0, 0.05) is 100 Å². The highest BCUT2D eigenvalue weighted by Gasteiger charge is 2.55. The predicted molar refractivity (Wildman–Crippen MR) is 409 cm³/mol. The number of hydrogen-bond donors (Lipinski definition) is 13. The van der Waals surface area contributed by atoms with Crippen LogP contribution in [0.4, 0.5) is 24.0 Å². The number of H-pyrrole nitrogens is 3. The molecule has 5 aromatic rings. The molecule has 59 nitrogen and oxygen atoms in total. The third-order valence-electron chi connectivity index (χ3n) is 22.0. The van der Waals surface area contributed by atoms with Gasteiger partial charge in [-0.3, -0.25) is 86.1 Å². The second-order valence-corrected chi connectivity index (χ2v) is 35.2. The molecule has 10 saturated heterocycles. The largest absolute Gasteiger partial charge is 0.418 e. The zero-order valence-electron chi connectivity index (χ0n) is 66.6. The zero-order valence-corrected chi connectivity index (χ0v) is 70.7. The number of carbonyl (C=O) groups excluding carboxylic acids is 10. The van der Waals surface area contributed by atoms with E-state index >= 15 is 0 Å². The van der Waals surface area contributed by atoms with Gasteiger partial charge >= 0.3 is 82.2 Å². The van der Waals surface area contributed by atoms with E-state index in [2.05, 4.69) is 89.2 Å². The molecule has 15 heterocycles. The van der Waals surface area contributed by atoms with Crippen molar-refractivity contribution < 1.29 is 158 Å². The smallest absolute Gasteiger partial charge is 0.347 e. The molecule has 0 aromatic carbocycles. The molecule has 702 valence electrons. The SMILES string of the molecule is O=C(NOCCc1ccccn1)[C@@H]1CC[C@@H]2CN1C(=O)N2OS(=O)(=O)O.O=C(NOCCn1ccnc1)[C@@H]1CC[C@@H]2CN1C(=O)N2OS(=O)(=O)O.O=C(NOCc1[nH]nc2c1C1CCC2C1)[C@@H]1CC[C@@H]2CN1C(=O)N2OS(=O)(=O)O.O=C(NOCc1ccn[nH]1)[C@@H]1CC[C@@H]2CN1C(=O)N2OS(=O)(=O)O.O=C(NOCc1ncc[nH]1)[C@@H]1CC[C@@H]2CN1C(=O)N2OS(=O)(=O)O. The van der Waals surface area contributed by atoms with Crippen molar-refractivity contribution in [1.82, 2.24) is 122 Å². The van der Waals surface area contributed by atoms with E-state index in [1.54, 1.807) is 47.8 Å². The molecular formula is C64H86N24O35S5.